The van der Waals surface area contributed by atoms with E-state index in [9.17, 15) is 14.7 Å². The molecular weight excluding hydrogens is 344 g/mol. The number of para-hydroxylation sites is 1. The molecule has 0 bridgehead atoms. The zero-order valence-corrected chi connectivity index (χ0v) is 16.4. The highest BCUT2D eigenvalue weighted by atomic mass is 16.5. The van der Waals surface area contributed by atoms with Crippen molar-refractivity contribution in [2.24, 2.45) is 5.41 Å². The monoisotopic (exact) mass is 372 g/mol. The highest BCUT2D eigenvalue weighted by Crippen LogP contribution is 2.51. The van der Waals surface area contributed by atoms with Crippen molar-refractivity contribution in [1.82, 2.24) is 9.88 Å². The number of aryl methyl sites for hydroxylation is 1. The minimum atomic E-state index is -1.30. The first-order valence-corrected chi connectivity index (χ1v) is 9.49. The van der Waals surface area contributed by atoms with Gasteiger partial charge in [0.1, 0.15) is 5.54 Å². The first kappa shape index (κ1) is 19.4. The molecule has 3 rings (SSSR count). The maximum Gasteiger partial charge on any atom is 0.330 e. The third-order valence-corrected chi connectivity index (χ3v) is 6.05. The molecule has 27 heavy (non-hydrogen) atoms. The van der Waals surface area contributed by atoms with Crippen LogP contribution in [0.1, 0.15) is 39.7 Å². The number of carbonyl (C=O) groups excluding carboxylic acids is 1. The van der Waals surface area contributed by atoms with E-state index in [0.29, 0.717) is 6.61 Å². The maximum atomic E-state index is 12.8. The lowest BCUT2D eigenvalue weighted by Crippen LogP contribution is -2.76. The van der Waals surface area contributed by atoms with Crippen molar-refractivity contribution in [2.75, 3.05) is 6.61 Å². The predicted octanol–water partition coefficient (Wildman–Crippen LogP) is 2.98. The van der Waals surface area contributed by atoms with Crippen LogP contribution in [-0.2, 0) is 27.3 Å². The molecular formula is C21H28N2O4. The van der Waals surface area contributed by atoms with Crippen LogP contribution in [0.3, 0.4) is 0 Å². The fourth-order valence-corrected chi connectivity index (χ4v) is 4.22. The van der Waals surface area contributed by atoms with Crippen molar-refractivity contribution < 1.29 is 19.4 Å². The van der Waals surface area contributed by atoms with Gasteiger partial charge in [0.2, 0.25) is 5.91 Å². The number of rotatable bonds is 7. The van der Waals surface area contributed by atoms with Gasteiger partial charge in [-0.3, -0.25) is 4.79 Å². The Morgan fingerprint density at radius 2 is 2.00 bits per heavy atom. The summed E-state index contributed by atoms with van der Waals surface area (Å²) in [5.41, 5.74) is 0.00900. The maximum absolute atomic E-state index is 12.8. The third-order valence-electron chi connectivity index (χ3n) is 6.05. The molecule has 1 aromatic carbocycles. The Balaban J connectivity index is 1.82. The predicted molar refractivity (Wildman–Crippen MR) is 104 cm³/mol. The summed E-state index contributed by atoms with van der Waals surface area (Å²) in [4.78, 5) is 24.8. The van der Waals surface area contributed by atoms with Crippen LogP contribution in [0.25, 0.3) is 10.9 Å². The SMILES string of the molecule is CCOC1CC(NC(=O)Cc2cn(CC)c3ccccc23)(C(=O)O)C1(C)C. The van der Waals surface area contributed by atoms with Crippen molar-refractivity contribution >= 4 is 22.8 Å². The van der Waals surface area contributed by atoms with E-state index in [1.54, 1.807) is 0 Å². The standard InChI is InChI=1S/C21H28N2O4/c1-5-23-13-14(15-9-7-8-10-16(15)23)11-18(24)22-21(19(25)26)12-17(27-6-2)20(21,3)4/h7-10,13,17H,5-6,11-12H2,1-4H3,(H,22,24)(H,25,26). The van der Waals surface area contributed by atoms with Crippen molar-refractivity contribution in [3.05, 3.63) is 36.0 Å². The normalized spacial score (nSPS) is 23.8. The summed E-state index contributed by atoms with van der Waals surface area (Å²) >= 11 is 0. The average molecular weight is 372 g/mol. The van der Waals surface area contributed by atoms with Crippen molar-refractivity contribution in [1.29, 1.82) is 0 Å². The lowest BCUT2D eigenvalue weighted by atomic mass is 9.54. The topological polar surface area (TPSA) is 80.6 Å². The Hall–Kier alpha value is -2.34. The Morgan fingerprint density at radius 3 is 2.59 bits per heavy atom. The molecule has 2 aromatic rings. The molecule has 0 saturated heterocycles. The van der Waals surface area contributed by atoms with Gasteiger partial charge < -0.3 is 19.7 Å². The van der Waals surface area contributed by atoms with E-state index >= 15 is 0 Å². The van der Waals surface area contributed by atoms with E-state index < -0.39 is 16.9 Å². The second-order valence-corrected chi connectivity index (χ2v) is 7.76. The summed E-state index contributed by atoms with van der Waals surface area (Å²) < 4.78 is 7.76. The van der Waals surface area contributed by atoms with Crippen LogP contribution in [0.4, 0.5) is 0 Å². The minimum Gasteiger partial charge on any atom is -0.479 e. The van der Waals surface area contributed by atoms with Gasteiger partial charge in [0.05, 0.1) is 12.5 Å². The lowest BCUT2D eigenvalue weighted by molar-refractivity contribution is -0.194. The van der Waals surface area contributed by atoms with Crippen molar-refractivity contribution in [2.45, 2.75) is 58.7 Å². The molecule has 1 aliphatic carbocycles. The van der Waals surface area contributed by atoms with Crippen LogP contribution in [0, 0.1) is 5.41 Å². The van der Waals surface area contributed by atoms with Gasteiger partial charge >= 0.3 is 5.97 Å². The van der Waals surface area contributed by atoms with Crippen molar-refractivity contribution in [3.8, 4) is 0 Å². The van der Waals surface area contributed by atoms with Crippen LogP contribution in [0.2, 0.25) is 0 Å². The number of amides is 1. The van der Waals surface area contributed by atoms with Gasteiger partial charge in [0.15, 0.2) is 0 Å². The van der Waals surface area contributed by atoms with Crippen LogP contribution >= 0.6 is 0 Å². The van der Waals surface area contributed by atoms with E-state index in [1.165, 1.54) is 0 Å². The van der Waals surface area contributed by atoms with Crippen LogP contribution in [0.15, 0.2) is 30.5 Å². The Labute approximate surface area is 159 Å². The third kappa shape index (κ3) is 3.02. The molecule has 6 heteroatoms. The van der Waals surface area contributed by atoms with Gasteiger partial charge in [0.25, 0.3) is 0 Å². The Morgan fingerprint density at radius 1 is 1.30 bits per heavy atom. The molecule has 1 saturated carbocycles. The zero-order chi connectivity index (χ0) is 19.8. The highest BCUT2D eigenvalue weighted by Gasteiger charge is 2.66. The number of hydrogen-bond acceptors (Lipinski definition) is 3. The summed E-state index contributed by atoms with van der Waals surface area (Å²) in [6, 6.07) is 7.95. The van der Waals surface area contributed by atoms with Crippen LogP contribution in [-0.4, -0.2) is 39.8 Å². The number of carboxylic acid groups (broad SMARTS) is 1. The van der Waals surface area contributed by atoms with Gasteiger partial charge in [-0.1, -0.05) is 32.0 Å². The zero-order valence-electron chi connectivity index (χ0n) is 16.4. The molecule has 1 heterocycles. The van der Waals surface area contributed by atoms with Crippen LogP contribution < -0.4 is 5.32 Å². The minimum absolute atomic E-state index is 0.151. The first-order valence-electron chi connectivity index (χ1n) is 9.49. The molecule has 1 aliphatic rings. The number of ether oxygens (including phenoxy) is 1. The lowest BCUT2D eigenvalue weighted by Gasteiger charge is -2.58. The van der Waals surface area contributed by atoms with Gasteiger partial charge in [-0.25, -0.2) is 4.79 Å². The molecule has 0 aliphatic heterocycles. The molecule has 146 valence electrons. The fourth-order valence-electron chi connectivity index (χ4n) is 4.22. The Kier molecular flexibility index (Phi) is 5.04. The van der Waals surface area contributed by atoms with E-state index in [2.05, 4.69) is 16.8 Å². The Bertz CT molecular complexity index is 870. The summed E-state index contributed by atoms with van der Waals surface area (Å²) in [5.74, 6) is -1.28. The number of carbonyl (C=O) groups is 2. The average Bonchev–Trinajstić information content (AvgIpc) is 2.98. The number of hydrogen-bond donors (Lipinski definition) is 2. The summed E-state index contributed by atoms with van der Waals surface area (Å²) in [6.07, 6.45) is 2.23. The number of carboxylic acids is 1. The number of nitrogens with one attached hydrogen (secondary N) is 1. The van der Waals surface area contributed by atoms with E-state index in [-0.39, 0.29) is 24.9 Å². The molecule has 0 spiro atoms. The molecule has 2 unspecified atom stereocenters. The van der Waals surface area contributed by atoms with Gasteiger partial charge in [-0.2, -0.15) is 0 Å². The summed E-state index contributed by atoms with van der Waals surface area (Å²) in [5, 5.41) is 13.7. The number of fused-ring (bicyclic) bond motifs is 1. The van der Waals surface area contributed by atoms with E-state index in [4.69, 9.17) is 4.74 Å². The quantitative estimate of drug-likeness (QED) is 0.783. The van der Waals surface area contributed by atoms with Gasteiger partial charge in [0, 0.05) is 42.1 Å². The number of nitrogens with zero attached hydrogens (tertiary/aromatic N) is 1. The molecule has 1 amide bonds. The van der Waals surface area contributed by atoms with Crippen LogP contribution in [0.5, 0.6) is 0 Å². The van der Waals surface area contributed by atoms with Gasteiger partial charge in [-0.15, -0.1) is 0 Å². The number of aliphatic carboxylic acids is 1. The molecule has 0 radical (unpaired) electrons. The largest absolute Gasteiger partial charge is 0.479 e. The molecule has 2 N–H and O–H groups in total. The first-order chi connectivity index (χ1) is 12.8. The van der Waals surface area contributed by atoms with Gasteiger partial charge in [-0.05, 0) is 25.5 Å². The number of aromatic nitrogens is 1. The summed E-state index contributed by atoms with van der Waals surface area (Å²) in [6.45, 7) is 8.96. The van der Waals surface area contributed by atoms with E-state index in [1.807, 2.05) is 51.2 Å². The number of benzene rings is 1. The second kappa shape index (κ2) is 7.00. The molecule has 1 fully saturated rings. The van der Waals surface area contributed by atoms with Crippen molar-refractivity contribution in [3.63, 3.8) is 0 Å². The smallest absolute Gasteiger partial charge is 0.330 e. The molecule has 6 nitrogen and oxygen atoms in total. The second-order valence-electron chi connectivity index (χ2n) is 7.76. The van der Waals surface area contributed by atoms with E-state index in [0.717, 1.165) is 23.0 Å². The highest BCUT2D eigenvalue weighted by molar-refractivity contribution is 5.93. The molecule has 2 atom stereocenters. The molecule has 1 aromatic heterocycles. The summed E-state index contributed by atoms with van der Waals surface area (Å²) in [7, 11) is 0. The fraction of sp³-hybridized carbons (Fsp3) is 0.524.